The molecule has 1 rings (SSSR count). The minimum absolute atomic E-state index is 0.201. The Morgan fingerprint density at radius 2 is 2.36 bits per heavy atom. The summed E-state index contributed by atoms with van der Waals surface area (Å²) in [6.07, 6.45) is 1.15. The fourth-order valence-corrected chi connectivity index (χ4v) is 1.34. The molecule has 2 N–H and O–H groups in total. The van der Waals surface area contributed by atoms with Gasteiger partial charge in [-0.2, -0.15) is 0 Å². The predicted octanol–water partition coefficient (Wildman–Crippen LogP) is 2.00. The monoisotopic (exact) mass is 218 g/mol. The predicted molar refractivity (Wildman–Crippen MR) is 44.5 cm³/mol. The second kappa shape index (κ2) is 3.28. The van der Waals surface area contributed by atoms with Crippen LogP contribution < -0.4 is 5.73 Å². The highest BCUT2D eigenvalue weighted by Gasteiger charge is 2.06. The Labute approximate surface area is 72.8 Å². The van der Waals surface area contributed by atoms with Crippen LogP contribution in [0.1, 0.15) is 18.5 Å². The molecule has 0 aliphatic rings. The summed E-state index contributed by atoms with van der Waals surface area (Å²) in [6, 6.07) is 1.18. The lowest BCUT2D eigenvalue weighted by Gasteiger charge is -2.06. The average Bonchev–Trinajstić information content (AvgIpc) is 1.94. The van der Waals surface area contributed by atoms with Crippen LogP contribution in [0.25, 0.3) is 0 Å². The number of rotatable bonds is 1. The molecule has 0 amide bonds. The summed E-state index contributed by atoms with van der Waals surface area (Å²) in [5.41, 5.74) is 6.23. The van der Waals surface area contributed by atoms with Crippen molar-refractivity contribution >= 4 is 15.9 Å². The molecule has 1 aromatic rings. The molecular formula is C7H8BrFN2. The highest BCUT2D eigenvalue weighted by Crippen LogP contribution is 2.19. The Morgan fingerprint density at radius 3 is 2.82 bits per heavy atom. The number of aromatic nitrogens is 1. The Kier molecular flexibility index (Phi) is 2.57. The van der Waals surface area contributed by atoms with Crippen molar-refractivity contribution in [3.05, 3.63) is 28.2 Å². The summed E-state index contributed by atoms with van der Waals surface area (Å²) in [4.78, 5) is 3.76. The third-order valence-corrected chi connectivity index (χ3v) is 1.99. The quantitative estimate of drug-likeness (QED) is 0.733. The number of hydrogen-bond donors (Lipinski definition) is 1. The minimum Gasteiger partial charge on any atom is -0.324 e. The van der Waals surface area contributed by atoms with Crippen LogP contribution in [0.3, 0.4) is 0 Å². The molecule has 60 valence electrons. The molecule has 11 heavy (non-hydrogen) atoms. The van der Waals surface area contributed by atoms with Crippen LogP contribution in [0.2, 0.25) is 0 Å². The van der Waals surface area contributed by atoms with Crippen molar-refractivity contribution in [1.29, 1.82) is 0 Å². The molecule has 1 heterocycles. The Morgan fingerprint density at radius 1 is 1.73 bits per heavy atom. The molecule has 0 saturated carbocycles. The van der Waals surface area contributed by atoms with E-state index in [1.54, 1.807) is 6.92 Å². The van der Waals surface area contributed by atoms with Crippen molar-refractivity contribution < 1.29 is 4.39 Å². The van der Waals surface area contributed by atoms with Crippen molar-refractivity contribution in [3.8, 4) is 0 Å². The van der Waals surface area contributed by atoms with E-state index in [-0.39, 0.29) is 11.9 Å². The van der Waals surface area contributed by atoms with Gasteiger partial charge in [0.1, 0.15) is 10.4 Å². The molecule has 0 fully saturated rings. The molecular weight excluding hydrogens is 211 g/mol. The largest absolute Gasteiger partial charge is 0.324 e. The molecule has 0 aromatic carbocycles. The van der Waals surface area contributed by atoms with Crippen LogP contribution in [0.4, 0.5) is 4.39 Å². The van der Waals surface area contributed by atoms with E-state index in [4.69, 9.17) is 5.73 Å². The van der Waals surface area contributed by atoms with Gasteiger partial charge in [-0.05, 0) is 28.9 Å². The van der Waals surface area contributed by atoms with Crippen LogP contribution in [0, 0.1) is 5.82 Å². The second-order valence-corrected chi connectivity index (χ2v) is 3.07. The highest BCUT2D eigenvalue weighted by molar-refractivity contribution is 9.10. The van der Waals surface area contributed by atoms with E-state index in [0.29, 0.717) is 10.2 Å². The summed E-state index contributed by atoms with van der Waals surface area (Å²) in [5, 5.41) is 0. The van der Waals surface area contributed by atoms with Gasteiger partial charge in [-0.15, -0.1) is 0 Å². The van der Waals surface area contributed by atoms with E-state index in [9.17, 15) is 4.39 Å². The number of nitrogens with two attached hydrogens (primary N) is 1. The zero-order valence-electron chi connectivity index (χ0n) is 6.01. The van der Waals surface area contributed by atoms with Gasteiger partial charge in [0, 0.05) is 11.6 Å². The first-order chi connectivity index (χ1) is 5.11. The van der Waals surface area contributed by atoms with E-state index in [1.807, 2.05) is 0 Å². The molecule has 0 bridgehead atoms. The van der Waals surface area contributed by atoms with Gasteiger partial charge in [0.15, 0.2) is 0 Å². The fourth-order valence-electron chi connectivity index (χ4n) is 0.758. The topological polar surface area (TPSA) is 38.9 Å². The van der Waals surface area contributed by atoms with E-state index in [0.717, 1.165) is 6.20 Å². The van der Waals surface area contributed by atoms with Gasteiger partial charge < -0.3 is 5.73 Å². The Bertz CT molecular complexity index is 263. The van der Waals surface area contributed by atoms with Crippen molar-refractivity contribution in [2.24, 2.45) is 5.73 Å². The van der Waals surface area contributed by atoms with Gasteiger partial charge in [0.05, 0.1) is 6.20 Å². The normalized spacial score (nSPS) is 13.1. The van der Waals surface area contributed by atoms with Gasteiger partial charge in [0.2, 0.25) is 0 Å². The molecule has 2 nitrogen and oxygen atoms in total. The maximum absolute atomic E-state index is 12.6. The van der Waals surface area contributed by atoms with Crippen molar-refractivity contribution in [2.75, 3.05) is 0 Å². The summed E-state index contributed by atoms with van der Waals surface area (Å²) in [6.45, 7) is 1.78. The van der Waals surface area contributed by atoms with Gasteiger partial charge >= 0.3 is 0 Å². The van der Waals surface area contributed by atoms with Crippen molar-refractivity contribution in [2.45, 2.75) is 13.0 Å². The van der Waals surface area contributed by atoms with E-state index < -0.39 is 0 Å². The molecule has 0 unspecified atom stereocenters. The van der Waals surface area contributed by atoms with Crippen molar-refractivity contribution in [3.63, 3.8) is 0 Å². The molecule has 0 spiro atoms. The van der Waals surface area contributed by atoms with Crippen LogP contribution in [0.5, 0.6) is 0 Å². The number of hydrogen-bond acceptors (Lipinski definition) is 2. The lowest BCUT2D eigenvalue weighted by molar-refractivity contribution is 0.613. The van der Waals surface area contributed by atoms with E-state index in [2.05, 4.69) is 20.9 Å². The molecule has 1 atom stereocenters. The van der Waals surface area contributed by atoms with Crippen molar-refractivity contribution in [1.82, 2.24) is 4.98 Å². The second-order valence-electron chi connectivity index (χ2n) is 2.32. The lowest BCUT2D eigenvalue weighted by Crippen LogP contribution is -2.06. The fraction of sp³-hybridized carbons (Fsp3) is 0.286. The number of halogens is 2. The maximum Gasteiger partial charge on any atom is 0.141 e. The van der Waals surface area contributed by atoms with Crippen LogP contribution >= 0.6 is 15.9 Å². The molecule has 4 heteroatoms. The Balaban J connectivity index is 3.13. The summed E-state index contributed by atoms with van der Waals surface area (Å²) in [5.74, 6) is -0.361. The van der Waals surface area contributed by atoms with Crippen LogP contribution in [-0.4, -0.2) is 4.98 Å². The zero-order chi connectivity index (χ0) is 8.43. The Hall–Kier alpha value is -0.480. The highest BCUT2D eigenvalue weighted by atomic mass is 79.9. The molecule has 0 radical (unpaired) electrons. The first kappa shape index (κ1) is 8.62. The molecule has 1 aromatic heterocycles. The first-order valence-corrected chi connectivity index (χ1v) is 3.97. The van der Waals surface area contributed by atoms with Crippen LogP contribution in [0.15, 0.2) is 16.9 Å². The maximum atomic E-state index is 12.6. The standard InChI is InChI=1S/C7H8BrFN2/c1-4(10)6-2-5(9)3-11-7(6)8/h2-4H,10H2,1H3/t4-/m1/s1. The zero-order valence-corrected chi connectivity index (χ0v) is 7.60. The van der Waals surface area contributed by atoms with Crippen LogP contribution in [-0.2, 0) is 0 Å². The molecule has 0 saturated heterocycles. The third-order valence-electron chi connectivity index (χ3n) is 1.32. The third kappa shape index (κ3) is 1.97. The smallest absolute Gasteiger partial charge is 0.141 e. The molecule has 0 aliphatic carbocycles. The van der Waals surface area contributed by atoms with E-state index >= 15 is 0 Å². The minimum atomic E-state index is -0.361. The lowest BCUT2D eigenvalue weighted by atomic mass is 10.2. The first-order valence-electron chi connectivity index (χ1n) is 3.18. The SMILES string of the molecule is C[C@@H](N)c1cc(F)cnc1Br. The van der Waals surface area contributed by atoms with Gasteiger partial charge in [-0.1, -0.05) is 0 Å². The van der Waals surface area contributed by atoms with Gasteiger partial charge in [0.25, 0.3) is 0 Å². The average molecular weight is 219 g/mol. The molecule has 0 aliphatic heterocycles. The van der Waals surface area contributed by atoms with Gasteiger partial charge in [-0.3, -0.25) is 0 Å². The van der Waals surface area contributed by atoms with Gasteiger partial charge in [-0.25, -0.2) is 9.37 Å². The summed E-state index contributed by atoms with van der Waals surface area (Å²) >= 11 is 3.17. The van der Waals surface area contributed by atoms with E-state index in [1.165, 1.54) is 6.07 Å². The summed E-state index contributed by atoms with van der Waals surface area (Å²) in [7, 11) is 0. The number of nitrogens with zero attached hydrogens (tertiary/aromatic N) is 1. The summed E-state index contributed by atoms with van der Waals surface area (Å²) < 4.78 is 13.2. The number of pyridine rings is 1.